The average Bonchev–Trinajstić information content (AvgIpc) is 2.42. The molecule has 0 aromatic heterocycles. The highest BCUT2D eigenvalue weighted by molar-refractivity contribution is 9.10. The Morgan fingerprint density at radius 1 is 1.61 bits per heavy atom. The van der Waals surface area contributed by atoms with Gasteiger partial charge < -0.3 is 10.1 Å². The molecule has 1 unspecified atom stereocenters. The van der Waals surface area contributed by atoms with Crippen LogP contribution in [-0.4, -0.2) is 37.0 Å². The fourth-order valence-corrected chi connectivity index (χ4v) is 3.25. The van der Waals surface area contributed by atoms with Crippen molar-refractivity contribution in [1.29, 1.82) is 0 Å². The Morgan fingerprint density at radius 2 is 2.44 bits per heavy atom. The maximum atomic E-state index is 12.2. The summed E-state index contributed by atoms with van der Waals surface area (Å²) in [7, 11) is 1.63. The van der Waals surface area contributed by atoms with Gasteiger partial charge in [0.25, 0.3) is 0 Å². The second-order valence-electron chi connectivity index (χ2n) is 4.18. The van der Waals surface area contributed by atoms with E-state index in [-0.39, 0.29) is 11.8 Å². The second-order valence-corrected chi connectivity index (χ2v) is 6.19. The molecule has 0 spiro atoms. The van der Waals surface area contributed by atoms with Gasteiger partial charge in [0.2, 0.25) is 0 Å². The molecule has 1 aliphatic heterocycles. The minimum absolute atomic E-state index is 0.0122. The molecule has 1 heterocycles. The minimum Gasteiger partial charge on any atom is -0.497 e. The zero-order valence-electron chi connectivity index (χ0n) is 10.2. The SMILES string of the molecule is COc1ccc(Br)c(CC(=O)C2CSCCN2)c1. The Morgan fingerprint density at radius 3 is 3.11 bits per heavy atom. The highest BCUT2D eigenvalue weighted by atomic mass is 79.9. The van der Waals surface area contributed by atoms with Crippen LogP contribution in [0.15, 0.2) is 22.7 Å². The lowest BCUT2D eigenvalue weighted by atomic mass is 10.0. The quantitative estimate of drug-likeness (QED) is 0.919. The number of halogens is 1. The lowest BCUT2D eigenvalue weighted by Gasteiger charge is -2.22. The highest BCUT2D eigenvalue weighted by Crippen LogP contribution is 2.23. The fraction of sp³-hybridized carbons (Fsp3) is 0.462. The number of hydrogen-bond acceptors (Lipinski definition) is 4. The van der Waals surface area contributed by atoms with E-state index in [9.17, 15) is 4.79 Å². The summed E-state index contributed by atoms with van der Waals surface area (Å²) in [5.74, 6) is 3.00. The monoisotopic (exact) mass is 329 g/mol. The van der Waals surface area contributed by atoms with Crippen LogP contribution in [0.2, 0.25) is 0 Å². The third-order valence-electron chi connectivity index (χ3n) is 2.93. The van der Waals surface area contributed by atoms with E-state index in [1.54, 1.807) is 7.11 Å². The molecular formula is C13H16BrNO2S. The molecule has 1 saturated heterocycles. The smallest absolute Gasteiger partial charge is 0.154 e. The third kappa shape index (κ3) is 3.49. The van der Waals surface area contributed by atoms with E-state index >= 15 is 0 Å². The Hall–Kier alpha value is -0.520. The molecule has 0 radical (unpaired) electrons. The number of thioether (sulfide) groups is 1. The summed E-state index contributed by atoms with van der Waals surface area (Å²) in [5, 5.41) is 3.27. The van der Waals surface area contributed by atoms with Crippen LogP contribution in [0.1, 0.15) is 5.56 Å². The summed E-state index contributed by atoms with van der Waals surface area (Å²) in [6, 6.07) is 5.71. The Bertz CT molecular complexity index is 433. The van der Waals surface area contributed by atoms with E-state index in [4.69, 9.17) is 4.74 Å². The molecule has 0 aliphatic carbocycles. The van der Waals surface area contributed by atoms with E-state index in [0.717, 1.165) is 33.8 Å². The number of rotatable bonds is 4. The van der Waals surface area contributed by atoms with Gasteiger partial charge in [-0.2, -0.15) is 11.8 Å². The van der Waals surface area contributed by atoms with Gasteiger partial charge in [0.05, 0.1) is 13.2 Å². The number of ketones is 1. The summed E-state index contributed by atoms with van der Waals surface area (Å²) < 4.78 is 6.14. The topological polar surface area (TPSA) is 38.3 Å². The van der Waals surface area contributed by atoms with Crippen LogP contribution in [0, 0.1) is 0 Å². The number of ether oxygens (including phenoxy) is 1. The van der Waals surface area contributed by atoms with Crippen LogP contribution in [0.5, 0.6) is 5.75 Å². The average molecular weight is 330 g/mol. The summed E-state index contributed by atoms with van der Waals surface area (Å²) in [5.41, 5.74) is 0.983. The van der Waals surface area contributed by atoms with Crippen molar-refractivity contribution in [3.63, 3.8) is 0 Å². The van der Waals surface area contributed by atoms with E-state index in [0.29, 0.717) is 6.42 Å². The van der Waals surface area contributed by atoms with E-state index < -0.39 is 0 Å². The number of carbonyl (C=O) groups is 1. The van der Waals surface area contributed by atoms with E-state index in [1.807, 2.05) is 30.0 Å². The van der Waals surface area contributed by atoms with Gasteiger partial charge in [-0.3, -0.25) is 4.79 Å². The maximum Gasteiger partial charge on any atom is 0.154 e. The first-order chi connectivity index (χ1) is 8.70. The number of hydrogen-bond donors (Lipinski definition) is 1. The largest absolute Gasteiger partial charge is 0.497 e. The molecule has 1 fully saturated rings. The summed E-state index contributed by atoms with van der Waals surface area (Å²) in [6.45, 7) is 0.917. The van der Waals surface area contributed by atoms with Gasteiger partial charge in [0, 0.05) is 28.9 Å². The van der Waals surface area contributed by atoms with Crippen LogP contribution in [0.25, 0.3) is 0 Å². The molecule has 1 aliphatic rings. The van der Waals surface area contributed by atoms with Crippen molar-refractivity contribution in [3.8, 4) is 5.75 Å². The van der Waals surface area contributed by atoms with Gasteiger partial charge in [0.1, 0.15) is 5.75 Å². The van der Waals surface area contributed by atoms with Gasteiger partial charge in [-0.05, 0) is 23.8 Å². The number of carbonyl (C=O) groups excluding carboxylic acids is 1. The van der Waals surface area contributed by atoms with Crippen LogP contribution >= 0.6 is 27.7 Å². The van der Waals surface area contributed by atoms with Gasteiger partial charge in [-0.25, -0.2) is 0 Å². The molecule has 5 heteroatoms. The van der Waals surface area contributed by atoms with Crippen molar-refractivity contribution in [1.82, 2.24) is 5.32 Å². The lowest BCUT2D eigenvalue weighted by molar-refractivity contribution is -0.119. The molecule has 0 saturated carbocycles. The zero-order valence-corrected chi connectivity index (χ0v) is 12.6. The molecular weight excluding hydrogens is 314 g/mol. The summed E-state index contributed by atoms with van der Waals surface area (Å²) in [4.78, 5) is 12.2. The molecule has 2 rings (SSSR count). The van der Waals surface area contributed by atoms with E-state index in [1.165, 1.54) is 0 Å². The third-order valence-corrected chi connectivity index (χ3v) is 4.76. The Labute approximate surface area is 120 Å². The van der Waals surface area contributed by atoms with Crippen molar-refractivity contribution >= 4 is 33.5 Å². The van der Waals surface area contributed by atoms with Crippen LogP contribution < -0.4 is 10.1 Å². The Balaban J connectivity index is 2.05. The number of benzene rings is 1. The first-order valence-corrected chi connectivity index (χ1v) is 7.81. The molecule has 1 aromatic rings. The number of nitrogens with one attached hydrogen (secondary N) is 1. The van der Waals surface area contributed by atoms with Crippen molar-refractivity contribution in [3.05, 3.63) is 28.2 Å². The fourth-order valence-electron chi connectivity index (χ4n) is 1.90. The first-order valence-electron chi connectivity index (χ1n) is 5.87. The number of Topliss-reactive ketones (excluding diaryl/α,β-unsaturated/α-hetero) is 1. The van der Waals surface area contributed by atoms with Crippen molar-refractivity contribution in [2.45, 2.75) is 12.5 Å². The molecule has 1 atom stereocenters. The predicted octanol–water partition coefficient (Wildman–Crippen LogP) is 2.27. The normalized spacial score (nSPS) is 19.6. The molecule has 0 amide bonds. The Kier molecular flexibility index (Phi) is 5.09. The standard InChI is InChI=1S/C13H16BrNO2S/c1-17-10-2-3-11(14)9(6-10)7-13(16)12-8-18-5-4-15-12/h2-3,6,12,15H,4-5,7-8H2,1H3. The van der Waals surface area contributed by atoms with Gasteiger partial charge in [-0.15, -0.1) is 0 Å². The maximum absolute atomic E-state index is 12.2. The minimum atomic E-state index is -0.0122. The molecule has 1 aromatic carbocycles. The van der Waals surface area contributed by atoms with Crippen LogP contribution in [0.4, 0.5) is 0 Å². The first kappa shape index (κ1) is 13.9. The summed E-state index contributed by atoms with van der Waals surface area (Å²) in [6.07, 6.45) is 0.440. The second kappa shape index (κ2) is 6.59. The van der Waals surface area contributed by atoms with Crippen molar-refractivity contribution in [2.24, 2.45) is 0 Å². The van der Waals surface area contributed by atoms with Crippen molar-refractivity contribution in [2.75, 3.05) is 25.2 Å². The molecule has 0 bridgehead atoms. The van der Waals surface area contributed by atoms with Crippen molar-refractivity contribution < 1.29 is 9.53 Å². The highest BCUT2D eigenvalue weighted by Gasteiger charge is 2.21. The van der Waals surface area contributed by atoms with Crippen LogP contribution in [0.3, 0.4) is 0 Å². The molecule has 98 valence electrons. The molecule has 3 nitrogen and oxygen atoms in total. The van der Waals surface area contributed by atoms with Gasteiger partial charge in [-0.1, -0.05) is 15.9 Å². The number of methoxy groups -OCH3 is 1. The van der Waals surface area contributed by atoms with E-state index in [2.05, 4.69) is 21.2 Å². The van der Waals surface area contributed by atoms with Crippen LogP contribution in [-0.2, 0) is 11.2 Å². The predicted molar refractivity (Wildman–Crippen MR) is 78.5 cm³/mol. The zero-order chi connectivity index (χ0) is 13.0. The summed E-state index contributed by atoms with van der Waals surface area (Å²) >= 11 is 5.31. The lowest BCUT2D eigenvalue weighted by Crippen LogP contribution is -2.44. The molecule has 18 heavy (non-hydrogen) atoms. The van der Waals surface area contributed by atoms with Gasteiger partial charge >= 0.3 is 0 Å². The molecule has 1 N–H and O–H groups in total. The van der Waals surface area contributed by atoms with Gasteiger partial charge in [0.15, 0.2) is 5.78 Å².